The van der Waals surface area contributed by atoms with Crippen LogP contribution >= 0.6 is 0 Å². The molecule has 0 aliphatic heterocycles. The Morgan fingerprint density at radius 2 is 0.647 bits per heavy atom. The summed E-state index contributed by atoms with van der Waals surface area (Å²) in [5.41, 5.74) is 16.4. The average molecular weight is 868 g/mol. The molecule has 318 valence electrons. The zero-order valence-corrected chi connectivity index (χ0v) is 36.9. The van der Waals surface area contributed by atoms with Crippen LogP contribution in [-0.2, 0) is 0 Å². The van der Waals surface area contributed by atoms with Crippen molar-refractivity contribution < 1.29 is 0 Å². The predicted octanol–water partition coefficient (Wildman–Crippen LogP) is 16.1. The van der Waals surface area contributed by atoms with Gasteiger partial charge in [-0.25, -0.2) is 4.98 Å². The van der Waals surface area contributed by atoms with Crippen molar-refractivity contribution in [2.45, 2.75) is 0 Å². The summed E-state index contributed by atoms with van der Waals surface area (Å²) in [6.07, 6.45) is 0. The molecule has 10 aromatic carbocycles. The van der Waals surface area contributed by atoms with Crippen LogP contribution < -0.4 is 0 Å². The molecule has 13 aromatic rings. The van der Waals surface area contributed by atoms with Gasteiger partial charge in [0.05, 0.1) is 27.8 Å². The molecular weight excluding hydrogens is 827 g/mol. The van der Waals surface area contributed by atoms with Gasteiger partial charge in [0.15, 0.2) is 11.6 Å². The van der Waals surface area contributed by atoms with Gasteiger partial charge in [-0.1, -0.05) is 194 Å². The molecule has 5 nitrogen and oxygen atoms in total. The van der Waals surface area contributed by atoms with Gasteiger partial charge >= 0.3 is 0 Å². The Balaban J connectivity index is 1.11. The van der Waals surface area contributed by atoms with Gasteiger partial charge in [0.2, 0.25) is 5.95 Å². The number of nitrogens with zero attached hydrogens (tertiary/aromatic N) is 5. The molecule has 0 spiro atoms. The van der Waals surface area contributed by atoms with E-state index < -0.39 is 0 Å². The summed E-state index contributed by atoms with van der Waals surface area (Å²) in [6.45, 7) is 0. The SMILES string of the molecule is c1ccc(-c2cc(-c3ccccc3)cc(-c3cc(-c4ccccc4)ccc3-n3c4ccccc4c4cc5c6ccccc6n(-c6nc(-c7ccccc7)nc(-c7ccccc7)n6)c5cc43)c2)cc1. The van der Waals surface area contributed by atoms with Crippen molar-refractivity contribution in [3.63, 3.8) is 0 Å². The van der Waals surface area contributed by atoms with Crippen molar-refractivity contribution in [3.05, 3.63) is 249 Å². The summed E-state index contributed by atoms with van der Waals surface area (Å²) in [4.78, 5) is 15.6. The molecule has 0 bridgehead atoms. The van der Waals surface area contributed by atoms with Gasteiger partial charge in [-0.15, -0.1) is 0 Å². The molecule has 0 fully saturated rings. The topological polar surface area (TPSA) is 48.5 Å². The van der Waals surface area contributed by atoms with Crippen LogP contribution in [0.25, 0.3) is 123 Å². The van der Waals surface area contributed by atoms with Crippen LogP contribution in [0.4, 0.5) is 0 Å². The van der Waals surface area contributed by atoms with Gasteiger partial charge in [-0.2, -0.15) is 9.97 Å². The third kappa shape index (κ3) is 6.76. The van der Waals surface area contributed by atoms with Gasteiger partial charge in [0.1, 0.15) is 0 Å². The molecule has 5 heteroatoms. The summed E-state index contributed by atoms with van der Waals surface area (Å²) in [5.74, 6) is 1.79. The maximum Gasteiger partial charge on any atom is 0.238 e. The van der Waals surface area contributed by atoms with Gasteiger partial charge in [-0.05, 0) is 93.5 Å². The molecule has 0 atom stereocenters. The number of hydrogen-bond acceptors (Lipinski definition) is 3. The number of hydrogen-bond donors (Lipinski definition) is 0. The highest BCUT2D eigenvalue weighted by molar-refractivity contribution is 6.19. The molecule has 0 aliphatic rings. The molecular formula is C63H41N5. The fourth-order valence-electron chi connectivity index (χ4n) is 9.95. The Bertz CT molecular complexity index is 3880. The number of rotatable bonds is 8. The molecule has 3 aromatic heterocycles. The largest absolute Gasteiger partial charge is 0.309 e. The highest BCUT2D eigenvalue weighted by atomic mass is 15.2. The van der Waals surface area contributed by atoms with E-state index in [9.17, 15) is 0 Å². The van der Waals surface area contributed by atoms with Crippen LogP contribution in [0.2, 0.25) is 0 Å². The third-order valence-electron chi connectivity index (χ3n) is 13.2. The van der Waals surface area contributed by atoms with Gasteiger partial charge in [0, 0.05) is 38.2 Å². The number of aromatic nitrogens is 5. The molecule has 13 rings (SSSR count). The Labute approximate surface area is 393 Å². The van der Waals surface area contributed by atoms with E-state index in [0.29, 0.717) is 17.6 Å². The van der Waals surface area contributed by atoms with Crippen molar-refractivity contribution in [1.29, 1.82) is 0 Å². The van der Waals surface area contributed by atoms with Crippen molar-refractivity contribution in [3.8, 4) is 78.9 Å². The first kappa shape index (κ1) is 39.2. The van der Waals surface area contributed by atoms with Crippen molar-refractivity contribution in [2.24, 2.45) is 0 Å². The van der Waals surface area contributed by atoms with Crippen LogP contribution in [0.5, 0.6) is 0 Å². The molecule has 0 radical (unpaired) electrons. The molecule has 0 saturated carbocycles. The van der Waals surface area contributed by atoms with Crippen LogP contribution in [0.15, 0.2) is 249 Å². The fraction of sp³-hybridized carbons (Fsp3) is 0. The zero-order chi connectivity index (χ0) is 45.0. The highest BCUT2D eigenvalue weighted by Crippen LogP contribution is 2.43. The van der Waals surface area contributed by atoms with Crippen molar-refractivity contribution in [1.82, 2.24) is 24.1 Å². The first-order valence-corrected chi connectivity index (χ1v) is 23.0. The van der Waals surface area contributed by atoms with Gasteiger partial charge < -0.3 is 4.57 Å². The first-order valence-electron chi connectivity index (χ1n) is 23.0. The lowest BCUT2D eigenvalue weighted by molar-refractivity contribution is 0.953. The Kier molecular flexibility index (Phi) is 9.43. The second-order valence-corrected chi connectivity index (χ2v) is 17.2. The second kappa shape index (κ2) is 16.4. The molecule has 0 N–H and O–H groups in total. The molecule has 0 amide bonds. The molecule has 0 saturated heterocycles. The number of para-hydroxylation sites is 2. The third-order valence-corrected chi connectivity index (χ3v) is 13.2. The summed E-state index contributed by atoms with van der Waals surface area (Å²) >= 11 is 0. The van der Waals surface area contributed by atoms with Crippen molar-refractivity contribution >= 4 is 43.6 Å². The quantitative estimate of drug-likeness (QED) is 0.153. The van der Waals surface area contributed by atoms with E-state index in [4.69, 9.17) is 15.0 Å². The minimum absolute atomic E-state index is 0.560. The minimum Gasteiger partial charge on any atom is -0.309 e. The second-order valence-electron chi connectivity index (χ2n) is 17.2. The van der Waals surface area contributed by atoms with Crippen LogP contribution in [0.3, 0.4) is 0 Å². The minimum atomic E-state index is 0.560. The van der Waals surface area contributed by atoms with E-state index in [2.05, 4.69) is 221 Å². The molecule has 3 heterocycles. The summed E-state index contributed by atoms with van der Waals surface area (Å²) in [5, 5.41) is 4.60. The summed E-state index contributed by atoms with van der Waals surface area (Å²) in [6, 6.07) is 88.6. The monoisotopic (exact) mass is 867 g/mol. The maximum atomic E-state index is 5.27. The number of fused-ring (bicyclic) bond motifs is 6. The molecule has 0 unspecified atom stereocenters. The van der Waals surface area contributed by atoms with E-state index in [1.54, 1.807) is 0 Å². The van der Waals surface area contributed by atoms with E-state index in [-0.39, 0.29) is 0 Å². The lowest BCUT2D eigenvalue weighted by atomic mass is 9.91. The normalized spacial score (nSPS) is 11.5. The number of benzene rings is 10. The van der Waals surface area contributed by atoms with E-state index in [1.165, 1.54) is 27.5 Å². The summed E-state index contributed by atoms with van der Waals surface area (Å²) in [7, 11) is 0. The standard InChI is InChI=1S/C63H41N5/c1-6-20-42(21-7-1)47-34-35-58(53(39-47)50-37-48(43-22-8-2-9-23-43)36-49(38-50)44-24-10-3-11-25-44)67-56-32-18-16-30-51(56)54-40-55-52-31-17-19-33-57(52)68(60(55)41-59(54)67)63-65-61(45-26-12-4-13-27-45)64-62(66-63)46-28-14-5-15-29-46/h1-41H. The Morgan fingerprint density at radius 3 is 1.16 bits per heavy atom. The molecule has 0 aliphatic carbocycles. The maximum absolute atomic E-state index is 5.27. The van der Waals surface area contributed by atoms with Crippen LogP contribution in [0.1, 0.15) is 0 Å². The van der Waals surface area contributed by atoms with Gasteiger partial charge in [-0.3, -0.25) is 4.57 Å². The Hall–Kier alpha value is -9.19. The smallest absolute Gasteiger partial charge is 0.238 e. The lowest BCUT2D eigenvalue weighted by Crippen LogP contribution is -2.06. The van der Waals surface area contributed by atoms with Gasteiger partial charge in [0.25, 0.3) is 0 Å². The predicted molar refractivity (Wildman–Crippen MR) is 281 cm³/mol. The molecule has 68 heavy (non-hydrogen) atoms. The summed E-state index contributed by atoms with van der Waals surface area (Å²) < 4.78 is 4.69. The fourth-order valence-corrected chi connectivity index (χ4v) is 9.95. The lowest BCUT2D eigenvalue weighted by Gasteiger charge is -2.18. The average Bonchev–Trinajstić information content (AvgIpc) is 3.92. The van der Waals surface area contributed by atoms with Crippen molar-refractivity contribution in [2.75, 3.05) is 0 Å². The highest BCUT2D eigenvalue weighted by Gasteiger charge is 2.23. The zero-order valence-electron chi connectivity index (χ0n) is 36.9. The Morgan fingerprint density at radius 1 is 0.235 bits per heavy atom. The van der Waals surface area contributed by atoms with Crippen LogP contribution in [0, 0.1) is 0 Å². The van der Waals surface area contributed by atoms with E-state index in [1.807, 2.05) is 36.4 Å². The first-order chi connectivity index (χ1) is 33.7. The van der Waals surface area contributed by atoms with E-state index in [0.717, 1.165) is 77.5 Å². The van der Waals surface area contributed by atoms with E-state index >= 15 is 0 Å². The van der Waals surface area contributed by atoms with Crippen LogP contribution in [-0.4, -0.2) is 24.1 Å².